The molecule has 0 fully saturated rings. The number of carbonyl (C=O) groups is 2. The quantitative estimate of drug-likeness (QED) is 0.388. The molecule has 0 amide bonds. The molecular formula is C25H22N2O6S. The van der Waals surface area contributed by atoms with E-state index in [1.54, 1.807) is 0 Å². The molecule has 9 heteroatoms. The number of rotatable bonds is 4. The van der Waals surface area contributed by atoms with Gasteiger partial charge in [-0.05, 0) is 49.1 Å². The number of methoxy groups -OCH3 is 1. The number of benzene rings is 2. The van der Waals surface area contributed by atoms with Gasteiger partial charge in [0.05, 0.1) is 12.0 Å². The highest BCUT2D eigenvalue weighted by Gasteiger charge is 2.43. The zero-order chi connectivity index (χ0) is 24.0. The van der Waals surface area contributed by atoms with Crippen LogP contribution in [0.25, 0.3) is 16.6 Å². The average molecular weight is 479 g/mol. The number of ether oxygens (including phenoxy) is 1. The third-order valence-electron chi connectivity index (χ3n) is 6.41. The fraction of sp³-hybridized carbons (Fsp3) is 0.200. The summed E-state index contributed by atoms with van der Waals surface area (Å²) in [4.78, 5) is 26.8. The number of fused-ring (bicyclic) bond motifs is 4. The van der Waals surface area contributed by atoms with Crippen LogP contribution in [0.1, 0.15) is 34.3 Å². The van der Waals surface area contributed by atoms with E-state index in [4.69, 9.17) is 4.74 Å². The van der Waals surface area contributed by atoms with E-state index in [-0.39, 0.29) is 16.2 Å². The summed E-state index contributed by atoms with van der Waals surface area (Å²) in [6.07, 6.45) is 4.35. The second kappa shape index (κ2) is 8.18. The highest BCUT2D eigenvalue weighted by molar-refractivity contribution is 7.92. The molecule has 1 aliphatic heterocycles. The summed E-state index contributed by atoms with van der Waals surface area (Å²) in [6, 6.07) is 11.2. The zero-order valence-corrected chi connectivity index (χ0v) is 19.1. The Balaban J connectivity index is 1.71. The number of aliphatic hydroxyl groups excluding tert-OH is 1. The van der Waals surface area contributed by atoms with Gasteiger partial charge in [-0.25, -0.2) is 13.2 Å². The first-order valence-corrected chi connectivity index (χ1v) is 12.3. The van der Waals surface area contributed by atoms with Crippen LogP contribution in [0.2, 0.25) is 0 Å². The molecule has 2 heterocycles. The Morgan fingerprint density at radius 2 is 1.88 bits per heavy atom. The Kier molecular flexibility index (Phi) is 5.28. The van der Waals surface area contributed by atoms with Crippen molar-refractivity contribution in [2.75, 3.05) is 7.11 Å². The number of aldehydes is 1. The van der Waals surface area contributed by atoms with Crippen LogP contribution >= 0.6 is 0 Å². The van der Waals surface area contributed by atoms with Crippen LogP contribution in [0, 0.1) is 0 Å². The number of aromatic amines is 1. The zero-order valence-electron chi connectivity index (χ0n) is 18.3. The third kappa shape index (κ3) is 3.31. The van der Waals surface area contributed by atoms with Gasteiger partial charge in [0.15, 0.2) is 5.37 Å². The Hall–Kier alpha value is -3.85. The minimum absolute atomic E-state index is 0.0937. The lowest BCUT2D eigenvalue weighted by Gasteiger charge is -2.30. The standard InChI is InChI=1S/C25H22N2O6S/c1-33-25(30)21-23(29)19-4-2-3-16-17-11-12-26-20(17)10-9-18(16)22(19)27-24(21)34(31,32)15-7-5-14(13-28)6-8-15/h5-13,24,26-27,29H,2-4H2,1H3. The van der Waals surface area contributed by atoms with Gasteiger partial charge in [-0.2, -0.15) is 0 Å². The summed E-state index contributed by atoms with van der Waals surface area (Å²) in [7, 11) is -3.07. The van der Waals surface area contributed by atoms with Crippen LogP contribution in [0.15, 0.2) is 70.5 Å². The van der Waals surface area contributed by atoms with Crippen LogP contribution in [0.3, 0.4) is 0 Å². The van der Waals surface area contributed by atoms with Gasteiger partial charge in [-0.1, -0.05) is 18.2 Å². The molecule has 0 bridgehead atoms. The molecule has 8 nitrogen and oxygen atoms in total. The number of sulfone groups is 1. The largest absolute Gasteiger partial charge is 0.507 e. The monoisotopic (exact) mass is 478 g/mol. The number of hydrogen-bond donors (Lipinski definition) is 3. The minimum Gasteiger partial charge on any atom is -0.507 e. The first kappa shape index (κ1) is 22.0. The maximum atomic E-state index is 13.7. The predicted octanol–water partition coefficient (Wildman–Crippen LogP) is 3.42. The molecule has 0 saturated carbocycles. The fourth-order valence-electron chi connectivity index (χ4n) is 4.74. The highest BCUT2D eigenvalue weighted by Crippen LogP contribution is 2.40. The number of carbonyl (C=O) groups excluding carboxylic acids is 2. The number of nitrogens with one attached hydrogen (secondary N) is 2. The van der Waals surface area contributed by atoms with Gasteiger partial charge in [0.2, 0.25) is 9.84 Å². The molecule has 0 radical (unpaired) electrons. The first-order chi connectivity index (χ1) is 16.4. The summed E-state index contributed by atoms with van der Waals surface area (Å²) in [5.74, 6) is -1.30. The lowest BCUT2D eigenvalue weighted by molar-refractivity contribution is -0.136. The summed E-state index contributed by atoms with van der Waals surface area (Å²) >= 11 is 0. The molecule has 0 saturated heterocycles. The van der Waals surface area contributed by atoms with Gasteiger partial charge in [0, 0.05) is 39.5 Å². The molecular weight excluding hydrogens is 456 g/mol. The topological polar surface area (TPSA) is 126 Å². The smallest absolute Gasteiger partial charge is 0.340 e. The molecule has 1 aliphatic carbocycles. The van der Waals surface area contributed by atoms with E-state index in [1.807, 2.05) is 24.4 Å². The van der Waals surface area contributed by atoms with Crippen molar-refractivity contribution in [1.82, 2.24) is 10.3 Å². The number of esters is 1. The van der Waals surface area contributed by atoms with Crippen molar-refractivity contribution in [3.8, 4) is 0 Å². The van der Waals surface area contributed by atoms with E-state index in [0.717, 1.165) is 35.6 Å². The summed E-state index contributed by atoms with van der Waals surface area (Å²) in [5, 5.41) is 13.7. The van der Waals surface area contributed by atoms with Crippen molar-refractivity contribution in [3.63, 3.8) is 0 Å². The number of dihydropyridines is 1. The van der Waals surface area contributed by atoms with Crippen LogP contribution in [-0.4, -0.2) is 43.2 Å². The molecule has 34 heavy (non-hydrogen) atoms. The van der Waals surface area contributed by atoms with Crippen molar-refractivity contribution in [2.24, 2.45) is 0 Å². The Morgan fingerprint density at radius 1 is 1.12 bits per heavy atom. The van der Waals surface area contributed by atoms with Gasteiger partial charge in [-0.3, -0.25) is 4.79 Å². The molecule has 2 aliphatic rings. The third-order valence-corrected chi connectivity index (χ3v) is 8.31. The molecule has 1 atom stereocenters. The van der Waals surface area contributed by atoms with Crippen LogP contribution in [0.5, 0.6) is 0 Å². The Labute approximate surface area is 195 Å². The summed E-state index contributed by atoms with van der Waals surface area (Å²) < 4.78 is 32.2. The van der Waals surface area contributed by atoms with E-state index in [9.17, 15) is 23.1 Å². The molecule has 3 aromatic rings. The van der Waals surface area contributed by atoms with Crippen LogP contribution in [0.4, 0.5) is 0 Å². The van der Waals surface area contributed by atoms with E-state index < -0.39 is 21.2 Å². The number of allylic oxidation sites excluding steroid dienone is 1. The predicted molar refractivity (Wildman–Crippen MR) is 126 cm³/mol. The molecule has 1 unspecified atom stereocenters. The van der Waals surface area contributed by atoms with E-state index >= 15 is 0 Å². The maximum Gasteiger partial charge on any atom is 0.340 e. The second-order valence-corrected chi connectivity index (χ2v) is 10.3. The fourth-order valence-corrected chi connectivity index (χ4v) is 6.32. The van der Waals surface area contributed by atoms with Crippen LogP contribution in [-0.2, 0) is 25.8 Å². The highest BCUT2D eigenvalue weighted by atomic mass is 32.2. The summed E-state index contributed by atoms with van der Waals surface area (Å²) in [6.45, 7) is 0. The lowest BCUT2D eigenvalue weighted by atomic mass is 9.94. The Morgan fingerprint density at radius 3 is 2.59 bits per heavy atom. The van der Waals surface area contributed by atoms with E-state index in [0.29, 0.717) is 36.0 Å². The Bertz CT molecular complexity index is 1500. The normalized spacial score (nSPS) is 18.1. The second-order valence-electron chi connectivity index (χ2n) is 8.25. The summed E-state index contributed by atoms with van der Waals surface area (Å²) in [5.41, 5.74) is 3.72. The minimum atomic E-state index is -4.21. The lowest BCUT2D eigenvalue weighted by Crippen LogP contribution is -2.44. The maximum absolute atomic E-state index is 13.7. The number of hydrogen-bond acceptors (Lipinski definition) is 7. The van der Waals surface area contributed by atoms with Crippen molar-refractivity contribution in [2.45, 2.75) is 29.5 Å². The number of aliphatic hydroxyl groups is 1. The SMILES string of the molecule is COC(=O)C1=C(O)C2=C(NC1S(=O)(=O)c1ccc(C=O)cc1)c1ccc3[nH]ccc3c1CCC2. The van der Waals surface area contributed by atoms with Crippen LogP contribution < -0.4 is 5.32 Å². The molecule has 174 valence electrons. The van der Waals surface area contributed by atoms with Gasteiger partial charge < -0.3 is 20.1 Å². The van der Waals surface area contributed by atoms with Crippen molar-refractivity contribution in [1.29, 1.82) is 0 Å². The number of H-pyrrole nitrogens is 1. The number of aryl methyl sites for hydroxylation is 1. The van der Waals surface area contributed by atoms with Crippen molar-refractivity contribution < 1.29 is 27.9 Å². The number of aromatic nitrogens is 1. The first-order valence-electron chi connectivity index (χ1n) is 10.8. The average Bonchev–Trinajstić information content (AvgIpc) is 3.25. The molecule has 5 rings (SSSR count). The van der Waals surface area contributed by atoms with E-state index in [2.05, 4.69) is 10.3 Å². The molecule has 0 spiro atoms. The van der Waals surface area contributed by atoms with Gasteiger partial charge in [-0.15, -0.1) is 0 Å². The molecule has 2 aromatic carbocycles. The van der Waals surface area contributed by atoms with Gasteiger partial charge >= 0.3 is 5.97 Å². The van der Waals surface area contributed by atoms with E-state index in [1.165, 1.54) is 24.3 Å². The van der Waals surface area contributed by atoms with Crippen molar-refractivity contribution in [3.05, 3.63) is 82.3 Å². The molecule has 3 N–H and O–H groups in total. The molecule has 1 aromatic heterocycles. The van der Waals surface area contributed by atoms with Crippen molar-refractivity contribution >= 4 is 38.7 Å². The van der Waals surface area contributed by atoms with Gasteiger partial charge in [0.1, 0.15) is 17.6 Å². The van der Waals surface area contributed by atoms with Gasteiger partial charge in [0.25, 0.3) is 0 Å².